The van der Waals surface area contributed by atoms with Gasteiger partial charge in [0.2, 0.25) is 0 Å². The quantitative estimate of drug-likeness (QED) is 0.767. The first-order valence-electron chi connectivity index (χ1n) is 10.5. The van der Waals surface area contributed by atoms with E-state index in [-0.39, 0.29) is 11.9 Å². The molecule has 30 heavy (non-hydrogen) atoms. The second-order valence-electron chi connectivity index (χ2n) is 10.1. The molecule has 0 aliphatic carbocycles. The van der Waals surface area contributed by atoms with Crippen molar-refractivity contribution in [2.75, 3.05) is 13.1 Å². The molecule has 1 atom stereocenters. The van der Waals surface area contributed by atoms with Gasteiger partial charge in [0.15, 0.2) is 0 Å². The number of rotatable bonds is 3. The Balaban J connectivity index is 1.57. The summed E-state index contributed by atoms with van der Waals surface area (Å²) in [4.78, 5) is 26.6. The fourth-order valence-corrected chi connectivity index (χ4v) is 3.48. The van der Waals surface area contributed by atoms with Crippen LogP contribution in [0.2, 0.25) is 0 Å². The average molecular weight is 416 g/mol. The topological polar surface area (TPSA) is 77.1 Å². The van der Waals surface area contributed by atoms with E-state index in [1.54, 1.807) is 17.0 Å². The Labute approximate surface area is 179 Å². The van der Waals surface area contributed by atoms with Gasteiger partial charge in [-0.25, -0.2) is 4.79 Å². The summed E-state index contributed by atoms with van der Waals surface area (Å²) in [6, 6.07) is 7.26. The number of nitrogens with one attached hydrogen (secondary N) is 1. The first-order valence-corrected chi connectivity index (χ1v) is 10.5. The van der Waals surface area contributed by atoms with E-state index in [0.29, 0.717) is 25.1 Å². The highest BCUT2D eigenvalue weighted by Gasteiger charge is 2.51. The van der Waals surface area contributed by atoms with E-state index in [0.717, 1.165) is 5.46 Å². The summed E-state index contributed by atoms with van der Waals surface area (Å²) in [5.41, 5.74) is 0.136. The fourth-order valence-electron chi connectivity index (χ4n) is 3.48. The summed E-state index contributed by atoms with van der Waals surface area (Å²) >= 11 is 0. The predicted molar refractivity (Wildman–Crippen MR) is 116 cm³/mol. The van der Waals surface area contributed by atoms with E-state index in [4.69, 9.17) is 14.0 Å². The number of benzene rings is 1. The highest BCUT2D eigenvalue weighted by atomic mass is 16.7. The van der Waals surface area contributed by atoms with Crippen LogP contribution in [0.4, 0.5) is 4.79 Å². The monoisotopic (exact) mass is 416 g/mol. The standard InChI is InChI=1S/C22H33BN2O5/c1-20(2,3)28-19(27)24-17-12-13-25(14-17)18(26)15-8-10-16(11-9-15)23-29-21(4,5)22(6,7)30-23/h8-11,17H,12-14H2,1-7H3,(H,24,27). The molecule has 164 valence electrons. The van der Waals surface area contributed by atoms with Crippen LogP contribution < -0.4 is 10.8 Å². The van der Waals surface area contributed by atoms with Crippen LogP contribution in [0.15, 0.2) is 24.3 Å². The van der Waals surface area contributed by atoms with Gasteiger partial charge in [-0.05, 0) is 72.5 Å². The lowest BCUT2D eigenvalue weighted by Crippen LogP contribution is -2.41. The molecule has 2 aliphatic rings. The number of ether oxygens (including phenoxy) is 1. The Morgan fingerprint density at radius 1 is 1.10 bits per heavy atom. The van der Waals surface area contributed by atoms with Gasteiger partial charge in [-0.15, -0.1) is 0 Å². The van der Waals surface area contributed by atoms with E-state index in [9.17, 15) is 9.59 Å². The Morgan fingerprint density at radius 3 is 2.20 bits per heavy atom. The number of carbonyl (C=O) groups excluding carboxylic acids is 2. The van der Waals surface area contributed by atoms with Crippen molar-refractivity contribution in [2.24, 2.45) is 0 Å². The molecule has 2 amide bonds. The molecule has 7 nitrogen and oxygen atoms in total. The van der Waals surface area contributed by atoms with Crippen LogP contribution in [0.1, 0.15) is 65.2 Å². The normalized spacial score (nSPS) is 22.8. The number of likely N-dealkylation sites (tertiary alicyclic amines) is 1. The molecule has 0 bridgehead atoms. The minimum Gasteiger partial charge on any atom is -0.444 e. The summed E-state index contributed by atoms with van der Waals surface area (Å²) in [5.74, 6) is -0.0519. The molecule has 1 N–H and O–H groups in total. The number of alkyl carbamates (subject to hydrolysis) is 1. The van der Waals surface area contributed by atoms with Gasteiger partial charge in [0.1, 0.15) is 5.60 Å². The van der Waals surface area contributed by atoms with Crippen LogP contribution in [-0.2, 0) is 14.0 Å². The van der Waals surface area contributed by atoms with Crippen molar-refractivity contribution in [3.8, 4) is 0 Å². The van der Waals surface area contributed by atoms with Crippen molar-refractivity contribution in [1.82, 2.24) is 10.2 Å². The molecule has 3 rings (SSSR count). The summed E-state index contributed by atoms with van der Waals surface area (Å²) in [6.07, 6.45) is 0.255. The van der Waals surface area contributed by atoms with Gasteiger partial charge >= 0.3 is 13.2 Å². The van der Waals surface area contributed by atoms with Crippen molar-refractivity contribution < 1.29 is 23.6 Å². The van der Waals surface area contributed by atoms with E-state index >= 15 is 0 Å². The van der Waals surface area contributed by atoms with Crippen molar-refractivity contribution in [2.45, 2.75) is 77.7 Å². The minimum atomic E-state index is -0.545. The molecule has 8 heteroatoms. The maximum absolute atomic E-state index is 12.9. The van der Waals surface area contributed by atoms with Crippen molar-refractivity contribution in [3.63, 3.8) is 0 Å². The minimum absolute atomic E-state index is 0.0519. The average Bonchev–Trinajstić information content (AvgIpc) is 3.14. The second kappa shape index (κ2) is 7.89. The molecule has 1 unspecified atom stereocenters. The van der Waals surface area contributed by atoms with Gasteiger partial charge in [-0.2, -0.15) is 0 Å². The molecular weight excluding hydrogens is 383 g/mol. The molecule has 2 heterocycles. The largest absolute Gasteiger partial charge is 0.494 e. The lowest BCUT2D eigenvalue weighted by Gasteiger charge is -2.32. The number of carbonyl (C=O) groups is 2. The number of amides is 2. The molecule has 2 saturated heterocycles. The molecule has 0 saturated carbocycles. The zero-order chi connectivity index (χ0) is 22.3. The van der Waals surface area contributed by atoms with Gasteiger partial charge in [-0.3, -0.25) is 4.79 Å². The summed E-state index contributed by atoms with van der Waals surface area (Å²) in [5, 5.41) is 2.85. The molecule has 0 radical (unpaired) electrons. The summed E-state index contributed by atoms with van der Waals surface area (Å²) < 4.78 is 17.4. The predicted octanol–water partition coefficient (Wildman–Crippen LogP) is 2.73. The van der Waals surface area contributed by atoms with Crippen molar-refractivity contribution in [3.05, 3.63) is 29.8 Å². The summed E-state index contributed by atoms with van der Waals surface area (Å²) in [6.45, 7) is 14.6. The number of nitrogens with zero attached hydrogens (tertiary/aromatic N) is 1. The van der Waals surface area contributed by atoms with E-state index in [1.807, 2.05) is 60.6 Å². The first kappa shape index (κ1) is 22.6. The summed E-state index contributed by atoms with van der Waals surface area (Å²) in [7, 11) is -0.451. The molecular formula is C22H33BN2O5. The lowest BCUT2D eigenvalue weighted by molar-refractivity contribution is 0.00578. The van der Waals surface area contributed by atoms with E-state index in [1.165, 1.54) is 0 Å². The smallest absolute Gasteiger partial charge is 0.444 e. The Kier molecular flexibility index (Phi) is 5.95. The van der Waals surface area contributed by atoms with Crippen LogP contribution in [0, 0.1) is 0 Å². The molecule has 1 aromatic rings. The van der Waals surface area contributed by atoms with Crippen molar-refractivity contribution in [1.29, 1.82) is 0 Å². The highest BCUT2D eigenvalue weighted by molar-refractivity contribution is 6.62. The van der Waals surface area contributed by atoms with Gasteiger partial charge in [0.25, 0.3) is 5.91 Å². The Morgan fingerprint density at radius 2 is 1.67 bits per heavy atom. The Bertz CT molecular complexity index is 785. The number of hydrogen-bond acceptors (Lipinski definition) is 5. The third kappa shape index (κ3) is 4.98. The van der Waals surface area contributed by atoms with Crippen LogP contribution >= 0.6 is 0 Å². The molecule has 0 aromatic heterocycles. The van der Waals surface area contributed by atoms with E-state index < -0.39 is 30.0 Å². The maximum Gasteiger partial charge on any atom is 0.494 e. The molecule has 2 fully saturated rings. The molecule has 1 aromatic carbocycles. The fraction of sp³-hybridized carbons (Fsp3) is 0.636. The second-order valence-corrected chi connectivity index (χ2v) is 10.1. The SMILES string of the molecule is CC(C)(C)OC(=O)NC1CCN(C(=O)c2ccc(B3OC(C)(C)C(C)(C)O3)cc2)C1. The molecule has 0 spiro atoms. The first-order chi connectivity index (χ1) is 13.8. The van der Waals surface area contributed by atoms with Gasteiger partial charge in [-0.1, -0.05) is 12.1 Å². The van der Waals surface area contributed by atoms with E-state index in [2.05, 4.69) is 5.32 Å². The zero-order valence-electron chi connectivity index (χ0n) is 19.1. The lowest BCUT2D eigenvalue weighted by atomic mass is 9.79. The third-order valence-corrected chi connectivity index (χ3v) is 5.88. The number of hydrogen-bond donors (Lipinski definition) is 1. The maximum atomic E-state index is 12.9. The zero-order valence-corrected chi connectivity index (χ0v) is 19.1. The van der Waals surface area contributed by atoms with Crippen molar-refractivity contribution >= 4 is 24.6 Å². The van der Waals surface area contributed by atoms with Gasteiger partial charge in [0, 0.05) is 18.7 Å². The van der Waals surface area contributed by atoms with Crippen LogP contribution in [-0.4, -0.2) is 60.0 Å². The van der Waals surface area contributed by atoms with Crippen LogP contribution in [0.3, 0.4) is 0 Å². The van der Waals surface area contributed by atoms with Gasteiger partial charge in [0.05, 0.1) is 17.2 Å². The highest BCUT2D eigenvalue weighted by Crippen LogP contribution is 2.36. The van der Waals surface area contributed by atoms with Crippen LogP contribution in [0.25, 0.3) is 0 Å². The van der Waals surface area contributed by atoms with Crippen LogP contribution in [0.5, 0.6) is 0 Å². The Hall–Kier alpha value is -2.06. The third-order valence-electron chi connectivity index (χ3n) is 5.88. The van der Waals surface area contributed by atoms with Gasteiger partial charge < -0.3 is 24.3 Å². The molecule has 2 aliphatic heterocycles.